The van der Waals surface area contributed by atoms with Crippen LogP contribution in [-0.2, 0) is 14.9 Å². The summed E-state index contributed by atoms with van der Waals surface area (Å²) < 4.78 is 10.3. The zero-order valence-corrected chi connectivity index (χ0v) is 19.7. The third-order valence-electron chi connectivity index (χ3n) is 6.99. The average Bonchev–Trinajstić information content (AvgIpc) is 2.62. The van der Waals surface area contributed by atoms with E-state index in [9.17, 15) is 9.90 Å². The van der Waals surface area contributed by atoms with Crippen LogP contribution in [-0.4, -0.2) is 33.4 Å². The van der Waals surface area contributed by atoms with E-state index >= 15 is 0 Å². The van der Waals surface area contributed by atoms with Gasteiger partial charge >= 0.3 is 5.97 Å². The lowest BCUT2D eigenvalue weighted by molar-refractivity contribution is -0.137. The van der Waals surface area contributed by atoms with Crippen LogP contribution in [0, 0.1) is 5.92 Å². The van der Waals surface area contributed by atoms with Gasteiger partial charge in [0.25, 0.3) is 0 Å². The van der Waals surface area contributed by atoms with Crippen molar-refractivity contribution >= 4 is 14.0 Å². The first-order chi connectivity index (χ1) is 12.9. The molecule has 156 valence electrons. The van der Waals surface area contributed by atoms with Crippen LogP contribution in [0.15, 0.2) is 35.6 Å². The standard InChI is InChI=1S/C23H36O4Si/c1-22(2,3)28(7,8)15-16-13-19(21(25)27-6)20(24)23(4,14-16)17-9-11-18(26-5)12-10-17/h9-12,16,24H,13-15H2,1-8H3/t16-,23-/m1/s1. The number of aliphatic hydroxyl groups excluding tert-OH is 1. The van der Waals surface area contributed by atoms with Crippen LogP contribution in [0.25, 0.3) is 0 Å². The van der Waals surface area contributed by atoms with Crippen LogP contribution < -0.4 is 4.74 Å². The first-order valence-electron chi connectivity index (χ1n) is 10.0. The highest BCUT2D eigenvalue weighted by Crippen LogP contribution is 2.50. The number of hydrogen-bond acceptors (Lipinski definition) is 4. The molecule has 5 heteroatoms. The zero-order chi connectivity index (χ0) is 21.3. The quantitative estimate of drug-likeness (QED) is 0.493. The number of carbonyl (C=O) groups is 1. The molecule has 0 aliphatic heterocycles. The van der Waals surface area contributed by atoms with Gasteiger partial charge in [0.1, 0.15) is 11.5 Å². The summed E-state index contributed by atoms with van der Waals surface area (Å²) in [7, 11) is 1.47. The maximum Gasteiger partial charge on any atom is 0.337 e. The summed E-state index contributed by atoms with van der Waals surface area (Å²) in [6, 6.07) is 8.89. The maximum atomic E-state index is 12.5. The van der Waals surface area contributed by atoms with Crippen molar-refractivity contribution in [2.45, 2.75) is 70.1 Å². The second-order valence-corrected chi connectivity index (χ2v) is 15.7. The molecule has 0 spiro atoms. The molecular formula is C23H36O4Si. The minimum Gasteiger partial charge on any atom is -0.511 e. The van der Waals surface area contributed by atoms with Gasteiger partial charge in [-0.1, -0.05) is 52.0 Å². The van der Waals surface area contributed by atoms with E-state index in [4.69, 9.17) is 9.47 Å². The summed E-state index contributed by atoms with van der Waals surface area (Å²) in [6.07, 6.45) is 1.40. The minimum atomic E-state index is -1.54. The van der Waals surface area contributed by atoms with Gasteiger partial charge in [0, 0.05) is 0 Å². The molecule has 4 nitrogen and oxygen atoms in total. The lowest BCUT2D eigenvalue weighted by Gasteiger charge is -2.44. The molecule has 0 aromatic heterocycles. The van der Waals surface area contributed by atoms with E-state index in [0.29, 0.717) is 17.9 Å². The number of carbonyl (C=O) groups excluding carboxylic acids is 1. The van der Waals surface area contributed by atoms with E-state index in [2.05, 4.69) is 33.9 Å². The molecule has 0 heterocycles. The first kappa shape index (κ1) is 22.5. The maximum absolute atomic E-state index is 12.5. The van der Waals surface area contributed by atoms with Gasteiger partial charge in [-0.2, -0.15) is 0 Å². The number of allylic oxidation sites excluding steroid dienone is 1. The monoisotopic (exact) mass is 404 g/mol. The number of esters is 1. The van der Waals surface area contributed by atoms with E-state index in [1.54, 1.807) is 7.11 Å². The van der Waals surface area contributed by atoms with Crippen molar-refractivity contribution in [3.8, 4) is 5.75 Å². The zero-order valence-electron chi connectivity index (χ0n) is 18.7. The molecule has 0 amide bonds. The predicted octanol–water partition coefficient (Wildman–Crippen LogP) is 5.86. The predicted molar refractivity (Wildman–Crippen MR) is 117 cm³/mol. The number of ether oxygens (including phenoxy) is 2. The Bertz CT molecular complexity index is 743. The normalized spacial score (nSPS) is 23.5. The van der Waals surface area contributed by atoms with Crippen molar-refractivity contribution in [2.24, 2.45) is 5.92 Å². The van der Waals surface area contributed by atoms with Gasteiger partial charge in [-0.25, -0.2) is 4.79 Å². The van der Waals surface area contributed by atoms with Crippen molar-refractivity contribution in [1.29, 1.82) is 0 Å². The van der Waals surface area contributed by atoms with Crippen molar-refractivity contribution in [3.05, 3.63) is 41.2 Å². The summed E-state index contributed by atoms with van der Waals surface area (Å²) in [5, 5.41) is 11.4. The third-order valence-corrected chi connectivity index (χ3v) is 12.6. The first-order valence-corrected chi connectivity index (χ1v) is 13.2. The number of rotatable bonds is 5. The minimum absolute atomic E-state index is 0.149. The molecule has 0 radical (unpaired) electrons. The molecule has 1 aliphatic rings. The van der Waals surface area contributed by atoms with Crippen molar-refractivity contribution < 1.29 is 19.4 Å². The van der Waals surface area contributed by atoms with Crippen molar-refractivity contribution in [3.63, 3.8) is 0 Å². The van der Waals surface area contributed by atoms with E-state index in [0.717, 1.165) is 23.8 Å². The summed E-state index contributed by atoms with van der Waals surface area (Å²) in [5.74, 6) is 0.837. The lowest BCUT2D eigenvalue weighted by atomic mass is 9.67. The summed E-state index contributed by atoms with van der Waals surface area (Å²) in [4.78, 5) is 12.5. The Hall–Kier alpha value is -1.75. The Morgan fingerprint density at radius 2 is 1.79 bits per heavy atom. The average molecular weight is 405 g/mol. The van der Waals surface area contributed by atoms with Gasteiger partial charge in [-0.3, -0.25) is 0 Å². The summed E-state index contributed by atoms with van der Waals surface area (Å²) in [5.41, 5.74) is 0.809. The third kappa shape index (κ3) is 4.29. The van der Waals surface area contributed by atoms with Crippen molar-refractivity contribution in [1.82, 2.24) is 0 Å². The molecule has 2 atom stereocenters. The molecule has 1 aromatic carbocycles. The van der Waals surface area contributed by atoms with Gasteiger partial charge in [0.2, 0.25) is 0 Å². The topological polar surface area (TPSA) is 55.8 Å². The van der Waals surface area contributed by atoms with E-state index in [1.807, 2.05) is 31.2 Å². The largest absolute Gasteiger partial charge is 0.511 e. The molecule has 0 bridgehead atoms. The van der Waals surface area contributed by atoms with E-state index in [1.165, 1.54) is 7.11 Å². The summed E-state index contributed by atoms with van der Waals surface area (Å²) >= 11 is 0. The molecule has 28 heavy (non-hydrogen) atoms. The lowest BCUT2D eigenvalue weighted by Crippen LogP contribution is -2.42. The van der Waals surface area contributed by atoms with Crippen LogP contribution in [0.4, 0.5) is 0 Å². The van der Waals surface area contributed by atoms with Gasteiger partial charge in [-0.15, -0.1) is 0 Å². The molecule has 1 N–H and O–H groups in total. The Morgan fingerprint density at radius 1 is 1.21 bits per heavy atom. The van der Waals surface area contributed by atoms with Crippen molar-refractivity contribution in [2.75, 3.05) is 14.2 Å². The SMILES string of the molecule is COC(=O)C1=C(O)[C@@](C)(c2ccc(OC)cc2)C[C@H](C[Si](C)(C)C(C)(C)C)C1. The summed E-state index contributed by atoms with van der Waals surface area (Å²) in [6.45, 7) is 13.8. The van der Waals surface area contributed by atoms with E-state index < -0.39 is 19.5 Å². The molecule has 0 fully saturated rings. The molecule has 0 saturated heterocycles. The van der Waals surface area contributed by atoms with Gasteiger partial charge < -0.3 is 14.6 Å². The molecule has 1 aromatic rings. The Morgan fingerprint density at radius 3 is 2.25 bits per heavy atom. The van der Waals surface area contributed by atoms with Crippen LogP contribution in [0.3, 0.4) is 0 Å². The molecule has 1 aliphatic carbocycles. The number of methoxy groups -OCH3 is 2. The Labute approximate surface area is 171 Å². The van der Waals surface area contributed by atoms with Crippen LogP contribution in [0.5, 0.6) is 5.75 Å². The fourth-order valence-electron chi connectivity index (χ4n) is 4.15. The Kier molecular flexibility index (Phi) is 6.39. The number of aliphatic hydroxyl groups is 1. The molecule has 0 unspecified atom stereocenters. The smallest absolute Gasteiger partial charge is 0.337 e. The van der Waals surface area contributed by atoms with Crippen LogP contribution in [0.2, 0.25) is 24.2 Å². The van der Waals surface area contributed by atoms with Gasteiger partial charge in [-0.05, 0) is 48.4 Å². The second kappa shape index (κ2) is 7.94. The highest BCUT2D eigenvalue weighted by Gasteiger charge is 2.45. The van der Waals surface area contributed by atoms with Crippen LogP contribution >= 0.6 is 0 Å². The Balaban J connectivity index is 2.48. The fraction of sp³-hybridized carbons (Fsp3) is 0.609. The number of benzene rings is 1. The van der Waals surface area contributed by atoms with E-state index in [-0.39, 0.29) is 10.8 Å². The highest BCUT2D eigenvalue weighted by molar-refractivity contribution is 6.80. The van der Waals surface area contributed by atoms with Gasteiger partial charge in [0.15, 0.2) is 0 Å². The molecule has 2 rings (SSSR count). The van der Waals surface area contributed by atoms with Crippen LogP contribution in [0.1, 0.15) is 46.1 Å². The molecule has 0 saturated carbocycles. The fourth-order valence-corrected chi connectivity index (χ4v) is 6.50. The second-order valence-electron chi connectivity index (χ2n) is 9.99. The number of hydrogen-bond donors (Lipinski definition) is 1. The molecular weight excluding hydrogens is 368 g/mol. The van der Waals surface area contributed by atoms with Gasteiger partial charge in [0.05, 0.1) is 33.3 Å². The highest BCUT2D eigenvalue weighted by atomic mass is 28.3.